The van der Waals surface area contributed by atoms with Gasteiger partial charge in [0.2, 0.25) is 0 Å². The van der Waals surface area contributed by atoms with Gasteiger partial charge in [-0.3, -0.25) is 10.3 Å². The highest BCUT2D eigenvalue weighted by Gasteiger charge is 2.22. The standard InChI is InChI=1S/C12H20N4S/c1-8-9(2)17-11(15-8)7-16-5-3-4-10(6-16)12(13)14/h10H,3-7H2,1-2H3,(H3,13,14). The van der Waals surface area contributed by atoms with Crippen LogP contribution in [-0.2, 0) is 6.54 Å². The molecule has 0 saturated carbocycles. The normalized spacial score (nSPS) is 21.6. The van der Waals surface area contributed by atoms with E-state index in [-0.39, 0.29) is 5.92 Å². The minimum absolute atomic E-state index is 0.242. The van der Waals surface area contributed by atoms with Gasteiger partial charge >= 0.3 is 0 Å². The van der Waals surface area contributed by atoms with E-state index in [1.165, 1.54) is 9.88 Å². The van der Waals surface area contributed by atoms with Crippen molar-refractivity contribution in [3.63, 3.8) is 0 Å². The fourth-order valence-corrected chi connectivity index (χ4v) is 3.23. The van der Waals surface area contributed by atoms with Crippen molar-refractivity contribution in [1.29, 1.82) is 5.41 Å². The molecule has 1 unspecified atom stereocenters. The molecule has 4 nitrogen and oxygen atoms in total. The molecule has 17 heavy (non-hydrogen) atoms. The molecule has 2 rings (SSSR count). The molecule has 94 valence electrons. The molecule has 0 bridgehead atoms. The number of likely N-dealkylation sites (tertiary alicyclic amines) is 1. The molecule has 0 radical (unpaired) electrons. The van der Waals surface area contributed by atoms with Crippen LogP contribution in [0, 0.1) is 25.2 Å². The molecule has 0 amide bonds. The fourth-order valence-electron chi connectivity index (χ4n) is 2.25. The quantitative estimate of drug-likeness (QED) is 0.638. The molecule has 1 aromatic heterocycles. The van der Waals surface area contributed by atoms with Crippen molar-refractivity contribution in [2.75, 3.05) is 13.1 Å². The first-order chi connectivity index (χ1) is 8.06. The van der Waals surface area contributed by atoms with Crippen LogP contribution in [0.3, 0.4) is 0 Å². The molecule has 0 aromatic carbocycles. The molecule has 5 heteroatoms. The lowest BCUT2D eigenvalue weighted by Gasteiger charge is -2.31. The SMILES string of the molecule is Cc1nc(CN2CCCC(C(=N)N)C2)sc1C. The Kier molecular flexibility index (Phi) is 3.79. The van der Waals surface area contributed by atoms with E-state index in [1.54, 1.807) is 11.3 Å². The van der Waals surface area contributed by atoms with Crippen LogP contribution < -0.4 is 5.73 Å². The zero-order chi connectivity index (χ0) is 12.4. The van der Waals surface area contributed by atoms with E-state index in [2.05, 4.69) is 23.7 Å². The molecule has 0 spiro atoms. The van der Waals surface area contributed by atoms with Gasteiger partial charge in [0.25, 0.3) is 0 Å². The lowest BCUT2D eigenvalue weighted by Crippen LogP contribution is -2.40. The van der Waals surface area contributed by atoms with Gasteiger partial charge in [-0.25, -0.2) is 4.98 Å². The molecule has 1 aromatic rings. The van der Waals surface area contributed by atoms with E-state index >= 15 is 0 Å². The van der Waals surface area contributed by atoms with E-state index in [1.807, 2.05) is 0 Å². The van der Waals surface area contributed by atoms with E-state index in [9.17, 15) is 0 Å². The molecule has 1 aliphatic rings. The summed E-state index contributed by atoms with van der Waals surface area (Å²) < 4.78 is 0. The van der Waals surface area contributed by atoms with Crippen LogP contribution in [0.4, 0.5) is 0 Å². The van der Waals surface area contributed by atoms with E-state index < -0.39 is 0 Å². The maximum Gasteiger partial charge on any atom is 0.107 e. The topological polar surface area (TPSA) is 66.0 Å². The predicted octanol–water partition coefficient (Wildman–Crippen LogP) is 1.91. The number of aromatic nitrogens is 1. The Hall–Kier alpha value is -0.940. The summed E-state index contributed by atoms with van der Waals surface area (Å²) in [5, 5.41) is 8.72. The lowest BCUT2D eigenvalue weighted by molar-refractivity contribution is 0.195. The lowest BCUT2D eigenvalue weighted by atomic mass is 9.97. The van der Waals surface area contributed by atoms with Gasteiger partial charge in [-0.15, -0.1) is 11.3 Å². The maximum absolute atomic E-state index is 7.53. The molecule has 0 aliphatic carbocycles. The van der Waals surface area contributed by atoms with Crippen LogP contribution >= 0.6 is 11.3 Å². The summed E-state index contributed by atoms with van der Waals surface area (Å²) in [6, 6.07) is 0. The van der Waals surface area contributed by atoms with E-state index in [0.29, 0.717) is 5.84 Å². The van der Waals surface area contributed by atoms with Crippen molar-refractivity contribution in [2.45, 2.75) is 33.2 Å². The van der Waals surface area contributed by atoms with Crippen LogP contribution in [0.2, 0.25) is 0 Å². The molecule has 1 saturated heterocycles. The monoisotopic (exact) mass is 252 g/mol. The second kappa shape index (κ2) is 5.14. The van der Waals surface area contributed by atoms with Crippen LogP contribution in [0.1, 0.15) is 28.4 Å². The highest BCUT2D eigenvalue weighted by molar-refractivity contribution is 7.11. The number of nitrogens with zero attached hydrogens (tertiary/aromatic N) is 2. The summed E-state index contributed by atoms with van der Waals surface area (Å²) in [5.74, 6) is 0.576. The van der Waals surface area contributed by atoms with Crippen LogP contribution in [0.15, 0.2) is 0 Å². The third-order valence-electron chi connectivity index (χ3n) is 3.38. The minimum atomic E-state index is 0.242. The van der Waals surface area contributed by atoms with Gasteiger partial charge in [0.1, 0.15) is 5.01 Å². The molecular formula is C12H20N4S. The maximum atomic E-state index is 7.53. The van der Waals surface area contributed by atoms with Crippen molar-refractivity contribution >= 4 is 17.2 Å². The largest absolute Gasteiger partial charge is 0.387 e. The number of piperidine rings is 1. The summed E-state index contributed by atoms with van der Waals surface area (Å²) >= 11 is 1.78. The summed E-state index contributed by atoms with van der Waals surface area (Å²) in [6.07, 6.45) is 2.19. The van der Waals surface area contributed by atoms with Crippen molar-refractivity contribution in [2.24, 2.45) is 11.7 Å². The Morgan fingerprint density at radius 3 is 2.94 bits per heavy atom. The van der Waals surface area contributed by atoms with Gasteiger partial charge in [-0.05, 0) is 33.2 Å². The summed E-state index contributed by atoms with van der Waals surface area (Å²) in [6.45, 7) is 7.09. The van der Waals surface area contributed by atoms with Crippen LogP contribution in [-0.4, -0.2) is 28.8 Å². The average Bonchev–Trinajstić information content (AvgIpc) is 2.58. The van der Waals surface area contributed by atoms with E-state index in [4.69, 9.17) is 11.1 Å². The number of rotatable bonds is 3. The Bertz CT molecular complexity index is 393. The molecule has 1 aliphatic heterocycles. The van der Waals surface area contributed by atoms with Gasteiger partial charge in [-0.1, -0.05) is 0 Å². The number of thiazole rings is 1. The number of nitrogens with one attached hydrogen (secondary N) is 1. The summed E-state index contributed by atoms with van der Waals surface area (Å²) in [7, 11) is 0. The van der Waals surface area contributed by atoms with Gasteiger partial charge in [0.15, 0.2) is 0 Å². The zero-order valence-electron chi connectivity index (χ0n) is 10.5. The highest BCUT2D eigenvalue weighted by atomic mass is 32.1. The van der Waals surface area contributed by atoms with Gasteiger partial charge in [0, 0.05) is 17.3 Å². The zero-order valence-corrected chi connectivity index (χ0v) is 11.3. The van der Waals surface area contributed by atoms with Crippen molar-refractivity contribution in [3.8, 4) is 0 Å². The van der Waals surface area contributed by atoms with Crippen molar-refractivity contribution < 1.29 is 0 Å². The smallest absolute Gasteiger partial charge is 0.107 e. The third kappa shape index (κ3) is 3.04. The number of hydrogen-bond acceptors (Lipinski definition) is 4. The van der Waals surface area contributed by atoms with Crippen LogP contribution in [0.25, 0.3) is 0 Å². The Morgan fingerprint density at radius 2 is 2.35 bits per heavy atom. The Morgan fingerprint density at radius 1 is 1.59 bits per heavy atom. The second-order valence-corrected chi connectivity index (χ2v) is 6.07. The van der Waals surface area contributed by atoms with E-state index in [0.717, 1.165) is 38.2 Å². The minimum Gasteiger partial charge on any atom is -0.387 e. The average molecular weight is 252 g/mol. The first kappa shape index (κ1) is 12.5. The first-order valence-electron chi connectivity index (χ1n) is 6.05. The van der Waals surface area contributed by atoms with Gasteiger partial charge < -0.3 is 5.73 Å². The molecule has 3 N–H and O–H groups in total. The highest BCUT2D eigenvalue weighted by Crippen LogP contribution is 2.22. The summed E-state index contributed by atoms with van der Waals surface area (Å²) in [5.41, 5.74) is 6.74. The third-order valence-corrected chi connectivity index (χ3v) is 4.43. The van der Waals surface area contributed by atoms with Gasteiger partial charge in [-0.2, -0.15) is 0 Å². The van der Waals surface area contributed by atoms with Gasteiger partial charge in [0.05, 0.1) is 18.1 Å². The molecule has 1 fully saturated rings. The number of hydrogen-bond donors (Lipinski definition) is 2. The van der Waals surface area contributed by atoms with Crippen molar-refractivity contribution in [1.82, 2.24) is 9.88 Å². The predicted molar refractivity (Wildman–Crippen MR) is 71.5 cm³/mol. The number of aryl methyl sites for hydroxylation is 2. The second-order valence-electron chi connectivity index (χ2n) is 4.78. The molecular weight excluding hydrogens is 232 g/mol. The Balaban J connectivity index is 1.96. The summed E-state index contributed by atoms with van der Waals surface area (Å²) in [4.78, 5) is 8.24. The fraction of sp³-hybridized carbons (Fsp3) is 0.667. The Labute approximate surface area is 106 Å². The molecule has 1 atom stereocenters. The number of nitrogens with two attached hydrogens (primary N) is 1. The molecule has 2 heterocycles. The number of amidine groups is 1. The van der Waals surface area contributed by atoms with Crippen LogP contribution in [0.5, 0.6) is 0 Å². The van der Waals surface area contributed by atoms with Crippen molar-refractivity contribution in [3.05, 3.63) is 15.6 Å². The first-order valence-corrected chi connectivity index (χ1v) is 6.87.